The summed E-state index contributed by atoms with van der Waals surface area (Å²) >= 11 is 0. The minimum Gasteiger partial charge on any atom is -0.493 e. The van der Waals surface area contributed by atoms with E-state index in [1.807, 2.05) is 44.6 Å². The molecule has 0 unspecified atom stereocenters. The van der Waals surface area contributed by atoms with Crippen molar-refractivity contribution >= 4 is 5.96 Å². The van der Waals surface area contributed by atoms with Crippen LogP contribution in [-0.4, -0.2) is 43.7 Å². The normalized spacial score (nSPS) is 11.3. The maximum absolute atomic E-state index is 5.47. The molecule has 6 nitrogen and oxygen atoms in total. The van der Waals surface area contributed by atoms with Crippen LogP contribution < -0.4 is 14.8 Å². The number of hydrogen-bond acceptors (Lipinski definition) is 3. The van der Waals surface area contributed by atoms with Crippen molar-refractivity contribution in [3.05, 3.63) is 47.8 Å². The van der Waals surface area contributed by atoms with Crippen LogP contribution in [0.15, 0.2) is 41.5 Å². The quantitative estimate of drug-likeness (QED) is 0.652. The number of hydrogen-bond donors (Lipinski definition) is 1. The van der Waals surface area contributed by atoms with Gasteiger partial charge in [0.2, 0.25) is 0 Å². The lowest BCUT2D eigenvalue weighted by Crippen LogP contribution is -2.38. The zero-order valence-electron chi connectivity index (χ0n) is 15.0. The fraction of sp³-hybridized carbons (Fsp3) is 0.389. The summed E-state index contributed by atoms with van der Waals surface area (Å²) < 4.78 is 12.9. The molecule has 6 heteroatoms. The van der Waals surface area contributed by atoms with E-state index in [9.17, 15) is 0 Å². The van der Waals surface area contributed by atoms with Crippen LogP contribution in [0.3, 0.4) is 0 Å². The third-order valence-corrected chi connectivity index (χ3v) is 3.95. The number of rotatable bonds is 6. The number of aromatic nitrogens is 1. The molecule has 1 N–H and O–H groups in total. The first-order chi connectivity index (χ1) is 11.6. The molecule has 0 spiro atoms. The number of nitrogens with one attached hydrogen (secondary N) is 1. The Labute approximate surface area is 143 Å². The Morgan fingerprint density at radius 1 is 1.21 bits per heavy atom. The third-order valence-electron chi connectivity index (χ3n) is 3.95. The van der Waals surface area contributed by atoms with Crippen LogP contribution in [0.1, 0.15) is 11.3 Å². The number of nitrogens with zero attached hydrogens (tertiary/aromatic N) is 3. The van der Waals surface area contributed by atoms with Gasteiger partial charge in [-0.25, -0.2) is 0 Å². The van der Waals surface area contributed by atoms with Gasteiger partial charge in [-0.3, -0.25) is 4.99 Å². The van der Waals surface area contributed by atoms with Crippen LogP contribution in [0.2, 0.25) is 0 Å². The number of methoxy groups -OCH3 is 2. The molecule has 1 aromatic carbocycles. The average Bonchev–Trinajstić information content (AvgIpc) is 2.99. The molecule has 0 amide bonds. The molecule has 1 aromatic heterocycles. The SMILES string of the molecule is CN=C(NCc1cccc(OC)c1OC)N(C)Cc1cccn1C. The second-order valence-corrected chi connectivity index (χ2v) is 5.52. The molecule has 130 valence electrons. The van der Waals surface area contributed by atoms with Crippen LogP contribution in [0.4, 0.5) is 0 Å². The molecule has 0 aliphatic rings. The Morgan fingerprint density at radius 3 is 2.58 bits per heavy atom. The Balaban J connectivity index is 2.05. The molecule has 0 fully saturated rings. The molecule has 2 rings (SSSR count). The number of para-hydroxylation sites is 1. The highest BCUT2D eigenvalue weighted by Crippen LogP contribution is 2.30. The highest BCUT2D eigenvalue weighted by atomic mass is 16.5. The van der Waals surface area contributed by atoms with E-state index in [1.165, 1.54) is 5.69 Å². The average molecular weight is 330 g/mol. The Bertz CT molecular complexity index is 694. The topological polar surface area (TPSA) is 51.0 Å². The standard InChI is InChI=1S/C18H26N4O2/c1-19-18(22(3)13-15-9-7-11-21(15)2)20-12-14-8-6-10-16(23-4)17(14)24-5/h6-11H,12-13H2,1-5H3,(H,19,20). The molecule has 1 heterocycles. The van der Waals surface area contributed by atoms with E-state index in [0.717, 1.165) is 29.6 Å². The highest BCUT2D eigenvalue weighted by molar-refractivity contribution is 5.79. The van der Waals surface area contributed by atoms with Gasteiger partial charge >= 0.3 is 0 Å². The van der Waals surface area contributed by atoms with Gasteiger partial charge in [0.15, 0.2) is 17.5 Å². The maximum atomic E-state index is 5.47. The van der Waals surface area contributed by atoms with Gasteiger partial charge in [-0.15, -0.1) is 0 Å². The van der Waals surface area contributed by atoms with Crippen LogP contribution in [0, 0.1) is 0 Å². The lowest BCUT2D eigenvalue weighted by atomic mass is 10.2. The maximum Gasteiger partial charge on any atom is 0.194 e. The first-order valence-electron chi connectivity index (χ1n) is 7.82. The number of aryl methyl sites for hydroxylation is 1. The van der Waals surface area contributed by atoms with Crippen molar-refractivity contribution in [2.75, 3.05) is 28.3 Å². The van der Waals surface area contributed by atoms with Gasteiger partial charge < -0.3 is 24.3 Å². The monoisotopic (exact) mass is 330 g/mol. The largest absolute Gasteiger partial charge is 0.493 e. The Morgan fingerprint density at radius 2 is 2.00 bits per heavy atom. The molecule has 0 saturated carbocycles. The molecular weight excluding hydrogens is 304 g/mol. The van der Waals surface area contributed by atoms with E-state index < -0.39 is 0 Å². The van der Waals surface area contributed by atoms with Crippen molar-refractivity contribution in [3.63, 3.8) is 0 Å². The van der Waals surface area contributed by atoms with Gasteiger partial charge in [0, 0.05) is 45.1 Å². The number of aliphatic imine (C=N–C) groups is 1. The highest BCUT2D eigenvalue weighted by Gasteiger charge is 2.12. The second kappa shape index (κ2) is 8.29. The fourth-order valence-electron chi connectivity index (χ4n) is 2.63. The summed E-state index contributed by atoms with van der Waals surface area (Å²) in [6.07, 6.45) is 2.04. The number of ether oxygens (including phenoxy) is 2. The van der Waals surface area contributed by atoms with Crippen LogP contribution in [-0.2, 0) is 20.1 Å². The van der Waals surface area contributed by atoms with E-state index in [2.05, 4.69) is 25.8 Å². The summed E-state index contributed by atoms with van der Waals surface area (Å²) in [4.78, 5) is 6.45. The lowest BCUT2D eigenvalue weighted by Gasteiger charge is -2.23. The Kier molecular flexibility index (Phi) is 6.12. The van der Waals surface area contributed by atoms with Crippen LogP contribution in [0.25, 0.3) is 0 Å². The molecule has 0 bridgehead atoms. The Hall–Kier alpha value is -2.63. The molecule has 2 aromatic rings. The summed E-state index contributed by atoms with van der Waals surface area (Å²) in [6.45, 7) is 1.38. The third kappa shape index (κ3) is 4.01. The minimum absolute atomic E-state index is 0.602. The van der Waals surface area contributed by atoms with E-state index >= 15 is 0 Å². The molecule has 0 saturated heterocycles. The summed E-state index contributed by atoms with van der Waals surface area (Å²) in [5.74, 6) is 2.29. The van der Waals surface area contributed by atoms with E-state index in [4.69, 9.17) is 9.47 Å². The first-order valence-corrected chi connectivity index (χ1v) is 7.82. The predicted octanol–water partition coefficient (Wildman–Crippen LogP) is 2.25. The fourth-order valence-corrected chi connectivity index (χ4v) is 2.63. The number of benzene rings is 1. The predicted molar refractivity (Wildman–Crippen MR) is 96.6 cm³/mol. The van der Waals surface area contributed by atoms with E-state index in [-0.39, 0.29) is 0 Å². The van der Waals surface area contributed by atoms with Gasteiger partial charge in [0.1, 0.15) is 0 Å². The molecule has 0 atom stereocenters. The van der Waals surface area contributed by atoms with Crippen LogP contribution in [0.5, 0.6) is 11.5 Å². The van der Waals surface area contributed by atoms with Crippen LogP contribution >= 0.6 is 0 Å². The zero-order valence-corrected chi connectivity index (χ0v) is 15.0. The van der Waals surface area contributed by atoms with Crippen molar-refractivity contribution in [1.82, 2.24) is 14.8 Å². The molecule has 24 heavy (non-hydrogen) atoms. The van der Waals surface area contributed by atoms with Crippen molar-refractivity contribution < 1.29 is 9.47 Å². The van der Waals surface area contributed by atoms with E-state index in [0.29, 0.717) is 6.54 Å². The lowest BCUT2D eigenvalue weighted by molar-refractivity contribution is 0.351. The van der Waals surface area contributed by atoms with Gasteiger partial charge in [-0.05, 0) is 18.2 Å². The van der Waals surface area contributed by atoms with Crippen molar-refractivity contribution in [2.45, 2.75) is 13.1 Å². The van der Waals surface area contributed by atoms with Crippen molar-refractivity contribution in [2.24, 2.45) is 12.0 Å². The second-order valence-electron chi connectivity index (χ2n) is 5.52. The zero-order chi connectivity index (χ0) is 17.5. The molecular formula is C18H26N4O2. The molecule has 0 radical (unpaired) electrons. The summed E-state index contributed by atoms with van der Waals surface area (Å²) in [6, 6.07) is 10.0. The van der Waals surface area contributed by atoms with Gasteiger partial charge in [0.05, 0.1) is 20.8 Å². The summed E-state index contributed by atoms with van der Waals surface area (Å²) in [5, 5.41) is 3.37. The first kappa shape index (κ1) is 17.7. The summed E-state index contributed by atoms with van der Waals surface area (Å²) in [5.41, 5.74) is 2.24. The van der Waals surface area contributed by atoms with Crippen molar-refractivity contribution in [1.29, 1.82) is 0 Å². The number of guanidine groups is 1. The molecule has 0 aliphatic carbocycles. The van der Waals surface area contributed by atoms with E-state index in [1.54, 1.807) is 21.3 Å². The minimum atomic E-state index is 0.602. The smallest absolute Gasteiger partial charge is 0.194 e. The molecule has 0 aliphatic heterocycles. The van der Waals surface area contributed by atoms with Gasteiger partial charge in [-0.1, -0.05) is 12.1 Å². The van der Waals surface area contributed by atoms with Gasteiger partial charge in [0.25, 0.3) is 0 Å². The van der Waals surface area contributed by atoms with Gasteiger partial charge in [-0.2, -0.15) is 0 Å². The van der Waals surface area contributed by atoms with Crippen molar-refractivity contribution in [3.8, 4) is 11.5 Å². The summed E-state index contributed by atoms with van der Waals surface area (Å²) in [7, 11) is 9.14.